The molecular weight excluding hydrogens is 220 g/mol. The Hall–Kier alpha value is -0.820. The number of nitrogens with one attached hydrogen (secondary N) is 1. The van der Waals surface area contributed by atoms with Crippen LogP contribution in [0.5, 0.6) is 0 Å². The molecule has 0 aromatic heterocycles. The third kappa shape index (κ3) is 4.05. The fourth-order valence-electron chi connectivity index (χ4n) is 1.28. The minimum Gasteiger partial charge on any atom is -0.447 e. The highest BCUT2D eigenvalue weighted by molar-refractivity contribution is 7.88. The number of carbonyl (C=O) groups is 1. The van der Waals surface area contributed by atoms with E-state index in [2.05, 4.69) is 4.72 Å². The smallest absolute Gasteiger partial charge is 0.410 e. The van der Waals surface area contributed by atoms with Crippen LogP contribution in [-0.4, -0.2) is 50.9 Å². The lowest BCUT2D eigenvalue weighted by atomic mass is 10.1. The summed E-state index contributed by atoms with van der Waals surface area (Å²) in [6.07, 6.45) is 0.554. The monoisotopic (exact) mass is 236 g/mol. The van der Waals surface area contributed by atoms with Crippen molar-refractivity contribution in [3.05, 3.63) is 0 Å². The molecule has 1 aliphatic heterocycles. The van der Waals surface area contributed by atoms with E-state index in [-0.39, 0.29) is 12.1 Å². The van der Waals surface area contributed by atoms with Crippen molar-refractivity contribution in [1.29, 1.82) is 0 Å². The predicted octanol–water partition coefficient (Wildman–Crippen LogP) is -0.235. The van der Waals surface area contributed by atoms with Crippen LogP contribution in [0.3, 0.4) is 0 Å². The van der Waals surface area contributed by atoms with E-state index < -0.39 is 16.1 Å². The van der Waals surface area contributed by atoms with Crippen molar-refractivity contribution in [2.75, 3.05) is 19.3 Å². The van der Waals surface area contributed by atoms with Gasteiger partial charge in [-0.05, 0) is 13.8 Å². The van der Waals surface area contributed by atoms with Crippen molar-refractivity contribution in [3.8, 4) is 0 Å². The van der Waals surface area contributed by atoms with Crippen LogP contribution in [-0.2, 0) is 14.8 Å². The topological polar surface area (TPSA) is 75.7 Å². The highest BCUT2D eigenvalue weighted by Crippen LogP contribution is 2.11. The van der Waals surface area contributed by atoms with Gasteiger partial charge >= 0.3 is 6.09 Å². The molecule has 0 bridgehead atoms. The van der Waals surface area contributed by atoms with Crippen molar-refractivity contribution in [1.82, 2.24) is 9.62 Å². The van der Waals surface area contributed by atoms with E-state index in [0.717, 1.165) is 6.26 Å². The number of hydrogen-bond donors (Lipinski definition) is 1. The summed E-state index contributed by atoms with van der Waals surface area (Å²) in [4.78, 5) is 12.7. The predicted molar refractivity (Wildman–Crippen MR) is 55.0 cm³/mol. The van der Waals surface area contributed by atoms with Gasteiger partial charge in [0.1, 0.15) is 0 Å². The minimum atomic E-state index is -3.19. The van der Waals surface area contributed by atoms with Crippen LogP contribution >= 0.6 is 0 Å². The van der Waals surface area contributed by atoms with Gasteiger partial charge in [0.2, 0.25) is 10.0 Å². The lowest BCUT2D eigenvalue weighted by Gasteiger charge is -2.38. The zero-order chi connectivity index (χ0) is 11.6. The molecule has 0 spiro atoms. The van der Waals surface area contributed by atoms with Gasteiger partial charge < -0.3 is 9.64 Å². The summed E-state index contributed by atoms with van der Waals surface area (Å²) in [6, 6.07) is -0.181. The molecule has 1 N–H and O–H groups in total. The number of likely N-dealkylation sites (tertiary alicyclic amines) is 1. The number of rotatable bonds is 3. The second-order valence-electron chi connectivity index (χ2n) is 3.92. The summed E-state index contributed by atoms with van der Waals surface area (Å²) in [5, 5.41) is 0. The highest BCUT2D eigenvalue weighted by Gasteiger charge is 2.33. The minimum absolute atomic E-state index is 0.153. The fourth-order valence-corrected chi connectivity index (χ4v) is 2.04. The van der Waals surface area contributed by atoms with Gasteiger partial charge in [0, 0.05) is 13.1 Å². The van der Waals surface area contributed by atoms with E-state index in [1.165, 1.54) is 4.90 Å². The number of carbonyl (C=O) groups excluding carboxylic acids is 1. The van der Waals surface area contributed by atoms with Gasteiger partial charge in [0.25, 0.3) is 0 Å². The summed E-state index contributed by atoms with van der Waals surface area (Å²) in [7, 11) is -3.19. The molecule has 6 nitrogen and oxygen atoms in total. The lowest BCUT2D eigenvalue weighted by molar-refractivity contribution is 0.0496. The molecule has 1 heterocycles. The maximum Gasteiger partial charge on any atom is 0.410 e. The third-order valence-corrected chi connectivity index (χ3v) is 2.62. The molecule has 0 aromatic carbocycles. The fraction of sp³-hybridized carbons (Fsp3) is 0.875. The Labute approximate surface area is 89.6 Å². The number of sulfonamides is 1. The van der Waals surface area contributed by atoms with Crippen LogP contribution < -0.4 is 4.72 Å². The van der Waals surface area contributed by atoms with Gasteiger partial charge in [-0.3, -0.25) is 0 Å². The molecular formula is C8H16N2O4S. The molecule has 7 heteroatoms. The van der Waals surface area contributed by atoms with Gasteiger partial charge in [0.15, 0.2) is 0 Å². The summed E-state index contributed by atoms with van der Waals surface area (Å²) in [5.41, 5.74) is 0. The average molecular weight is 236 g/mol. The first-order valence-corrected chi connectivity index (χ1v) is 6.60. The summed E-state index contributed by atoms with van der Waals surface area (Å²) < 4.78 is 29.0. The first kappa shape index (κ1) is 12.3. The average Bonchev–Trinajstić information content (AvgIpc) is 1.91. The second kappa shape index (κ2) is 4.36. The number of ether oxygens (including phenoxy) is 1. The molecule has 1 saturated heterocycles. The maximum absolute atomic E-state index is 11.3. The first-order chi connectivity index (χ1) is 6.78. The summed E-state index contributed by atoms with van der Waals surface area (Å²) in [5.74, 6) is 0. The molecule has 0 atom stereocenters. The maximum atomic E-state index is 11.3. The molecule has 0 radical (unpaired) electrons. The van der Waals surface area contributed by atoms with Crippen LogP contribution in [0.15, 0.2) is 0 Å². The van der Waals surface area contributed by atoms with Crippen LogP contribution in [0.2, 0.25) is 0 Å². The standard InChI is InChI=1S/C8H16N2O4S/c1-6(2)14-8(11)10-4-7(5-10)9-15(3,12)13/h6-7,9H,4-5H2,1-3H3. The van der Waals surface area contributed by atoms with E-state index >= 15 is 0 Å². The summed E-state index contributed by atoms with van der Waals surface area (Å²) >= 11 is 0. The van der Waals surface area contributed by atoms with Gasteiger partial charge in [-0.2, -0.15) is 0 Å². The third-order valence-electron chi connectivity index (χ3n) is 1.86. The van der Waals surface area contributed by atoms with E-state index in [1.807, 2.05) is 0 Å². The van der Waals surface area contributed by atoms with E-state index in [9.17, 15) is 13.2 Å². The summed E-state index contributed by atoms with van der Waals surface area (Å²) in [6.45, 7) is 4.28. The normalized spacial score (nSPS) is 17.7. The molecule has 0 aliphatic carbocycles. The van der Waals surface area contributed by atoms with Gasteiger partial charge in [-0.1, -0.05) is 0 Å². The van der Waals surface area contributed by atoms with Crippen molar-refractivity contribution in [2.24, 2.45) is 0 Å². The van der Waals surface area contributed by atoms with Crippen LogP contribution in [0.25, 0.3) is 0 Å². The first-order valence-electron chi connectivity index (χ1n) is 4.71. The van der Waals surface area contributed by atoms with Crippen molar-refractivity contribution in [2.45, 2.75) is 26.0 Å². The molecule has 0 saturated carbocycles. The Bertz CT molecular complexity index is 333. The molecule has 0 unspecified atom stereocenters. The number of hydrogen-bond acceptors (Lipinski definition) is 4. The van der Waals surface area contributed by atoms with Crippen molar-refractivity contribution >= 4 is 16.1 Å². The van der Waals surface area contributed by atoms with E-state index in [0.29, 0.717) is 13.1 Å². The van der Waals surface area contributed by atoms with Gasteiger partial charge in [0.05, 0.1) is 18.4 Å². The van der Waals surface area contributed by atoms with Crippen LogP contribution in [0.4, 0.5) is 4.79 Å². The Kier molecular flexibility index (Phi) is 3.56. The van der Waals surface area contributed by atoms with Gasteiger partial charge in [-0.25, -0.2) is 17.9 Å². The Morgan fingerprint density at radius 1 is 1.47 bits per heavy atom. The van der Waals surface area contributed by atoms with Crippen molar-refractivity contribution in [3.63, 3.8) is 0 Å². The lowest BCUT2D eigenvalue weighted by Crippen LogP contribution is -2.61. The van der Waals surface area contributed by atoms with Crippen molar-refractivity contribution < 1.29 is 17.9 Å². The molecule has 15 heavy (non-hydrogen) atoms. The molecule has 1 amide bonds. The molecule has 1 fully saturated rings. The SMILES string of the molecule is CC(C)OC(=O)N1CC(NS(C)(=O)=O)C1. The molecule has 88 valence electrons. The quantitative estimate of drug-likeness (QED) is 0.734. The Balaban J connectivity index is 2.29. The Morgan fingerprint density at radius 3 is 2.40 bits per heavy atom. The van der Waals surface area contributed by atoms with Crippen LogP contribution in [0.1, 0.15) is 13.8 Å². The second-order valence-corrected chi connectivity index (χ2v) is 5.70. The highest BCUT2D eigenvalue weighted by atomic mass is 32.2. The zero-order valence-electron chi connectivity index (χ0n) is 9.06. The Morgan fingerprint density at radius 2 is 2.00 bits per heavy atom. The molecule has 1 rings (SSSR count). The molecule has 0 aromatic rings. The number of amides is 1. The molecule has 1 aliphatic rings. The zero-order valence-corrected chi connectivity index (χ0v) is 9.87. The van der Waals surface area contributed by atoms with E-state index in [1.54, 1.807) is 13.8 Å². The number of nitrogens with zero attached hydrogens (tertiary/aromatic N) is 1. The van der Waals surface area contributed by atoms with Gasteiger partial charge in [-0.15, -0.1) is 0 Å². The van der Waals surface area contributed by atoms with Crippen LogP contribution in [0, 0.1) is 0 Å². The largest absolute Gasteiger partial charge is 0.447 e. The van der Waals surface area contributed by atoms with E-state index in [4.69, 9.17) is 4.74 Å².